The summed E-state index contributed by atoms with van der Waals surface area (Å²) in [5.41, 5.74) is 0. The van der Waals surface area contributed by atoms with Gasteiger partial charge >= 0.3 is 5.82 Å². The molecule has 11 heavy (non-hydrogen) atoms. The van der Waals surface area contributed by atoms with Crippen LogP contribution in [0.15, 0.2) is 13.6 Å². The lowest BCUT2D eigenvalue weighted by molar-refractivity contribution is 0.241. The van der Waals surface area contributed by atoms with Crippen LogP contribution in [0.5, 0.6) is 0 Å². The monoisotopic (exact) mass is 160 g/mol. The predicted octanol–water partition coefficient (Wildman–Crippen LogP) is 1.06. The number of aliphatic hydroxyl groups is 1. The number of hydrogen-bond acceptors (Lipinski definition) is 4. The number of aryl methyl sites for hydroxylation is 1. The van der Waals surface area contributed by atoms with Crippen LogP contribution in [0.3, 0.4) is 0 Å². The van der Waals surface area contributed by atoms with Crippen LogP contribution in [0.4, 0.5) is 0 Å². The van der Waals surface area contributed by atoms with Crippen LogP contribution in [0, 0.1) is 6.92 Å². The Hall–Kier alpha value is -1.03. The minimum Gasteiger partial charge on any atom is -0.396 e. The van der Waals surface area contributed by atoms with E-state index in [1.807, 2.05) is 13.8 Å². The van der Waals surface area contributed by atoms with Crippen molar-refractivity contribution in [3.8, 4) is 0 Å². The summed E-state index contributed by atoms with van der Waals surface area (Å²) in [5.74, 6) is -0.237. The SMILES string of the molecule is CC.Cc1oc(=O)oc1CO. The van der Waals surface area contributed by atoms with Crippen LogP contribution >= 0.6 is 0 Å². The maximum atomic E-state index is 10.2. The van der Waals surface area contributed by atoms with Crippen molar-refractivity contribution in [1.29, 1.82) is 0 Å². The quantitative estimate of drug-likeness (QED) is 0.667. The zero-order chi connectivity index (χ0) is 8.85. The largest absolute Gasteiger partial charge is 0.519 e. The van der Waals surface area contributed by atoms with E-state index in [0.29, 0.717) is 5.76 Å². The molecule has 0 saturated carbocycles. The fourth-order valence-corrected chi connectivity index (χ4v) is 0.519. The third-order valence-electron chi connectivity index (χ3n) is 0.979. The Labute approximate surface area is 64.5 Å². The van der Waals surface area contributed by atoms with E-state index in [1.54, 1.807) is 6.92 Å². The van der Waals surface area contributed by atoms with E-state index in [-0.39, 0.29) is 12.4 Å². The molecule has 1 aromatic heterocycles. The topological polar surface area (TPSA) is 63.6 Å². The normalized spacial score (nSPS) is 8.73. The molecule has 0 amide bonds. The fourth-order valence-electron chi connectivity index (χ4n) is 0.519. The molecule has 1 heterocycles. The molecule has 1 N–H and O–H groups in total. The summed E-state index contributed by atoms with van der Waals surface area (Å²) in [6.45, 7) is 5.26. The van der Waals surface area contributed by atoms with Crippen molar-refractivity contribution >= 4 is 0 Å². The molecule has 0 aliphatic carbocycles. The minimum atomic E-state index is -0.767. The Morgan fingerprint density at radius 3 is 2.09 bits per heavy atom. The average molecular weight is 160 g/mol. The third kappa shape index (κ3) is 2.59. The lowest BCUT2D eigenvalue weighted by atomic mass is 10.4. The highest BCUT2D eigenvalue weighted by molar-refractivity contribution is 4.97. The van der Waals surface area contributed by atoms with Gasteiger partial charge < -0.3 is 13.9 Å². The first kappa shape index (κ1) is 9.97. The molecule has 0 aliphatic heterocycles. The Kier molecular flexibility index (Phi) is 4.29. The van der Waals surface area contributed by atoms with Crippen LogP contribution in [-0.2, 0) is 6.61 Å². The molecule has 4 nitrogen and oxygen atoms in total. The zero-order valence-electron chi connectivity index (χ0n) is 6.88. The van der Waals surface area contributed by atoms with E-state index < -0.39 is 5.82 Å². The molecular formula is C7H12O4. The maximum absolute atomic E-state index is 10.2. The standard InChI is InChI=1S/C5H6O4.C2H6/c1-3-4(2-6)9-5(7)8-3;1-2/h6H,2H2,1H3;1-2H3. The predicted molar refractivity (Wildman–Crippen MR) is 39.3 cm³/mol. The summed E-state index contributed by atoms with van der Waals surface area (Å²) in [6.07, 6.45) is 0. The molecule has 0 atom stereocenters. The van der Waals surface area contributed by atoms with Gasteiger partial charge in [0, 0.05) is 0 Å². The molecule has 0 saturated heterocycles. The molecule has 0 fully saturated rings. The van der Waals surface area contributed by atoms with Crippen molar-refractivity contribution in [2.75, 3.05) is 0 Å². The van der Waals surface area contributed by atoms with Gasteiger partial charge in [0.15, 0.2) is 5.76 Å². The van der Waals surface area contributed by atoms with Crippen LogP contribution < -0.4 is 5.82 Å². The smallest absolute Gasteiger partial charge is 0.396 e. The molecule has 0 aromatic carbocycles. The molecular weight excluding hydrogens is 148 g/mol. The Morgan fingerprint density at radius 1 is 1.36 bits per heavy atom. The van der Waals surface area contributed by atoms with Gasteiger partial charge in [0.1, 0.15) is 12.4 Å². The van der Waals surface area contributed by atoms with Crippen molar-refractivity contribution in [3.63, 3.8) is 0 Å². The van der Waals surface area contributed by atoms with Crippen molar-refractivity contribution in [2.24, 2.45) is 0 Å². The number of hydrogen-bond donors (Lipinski definition) is 1. The van der Waals surface area contributed by atoms with E-state index in [2.05, 4.69) is 8.83 Å². The van der Waals surface area contributed by atoms with E-state index in [1.165, 1.54) is 0 Å². The van der Waals surface area contributed by atoms with Crippen LogP contribution in [0.1, 0.15) is 25.4 Å². The van der Waals surface area contributed by atoms with Gasteiger partial charge in [0.05, 0.1) is 0 Å². The third-order valence-corrected chi connectivity index (χ3v) is 0.979. The highest BCUT2D eigenvalue weighted by Crippen LogP contribution is 2.02. The molecule has 1 rings (SSSR count). The van der Waals surface area contributed by atoms with Crippen LogP contribution in [-0.4, -0.2) is 5.11 Å². The average Bonchev–Trinajstić information content (AvgIpc) is 2.33. The van der Waals surface area contributed by atoms with Crippen LogP contribution in [0.25, 0.3) is 0 Å². The Bertz CT molecular complexity index is 245. The summed E-state index contributed by atoms with van der Waals surface area (Å²) >= 11 is 0. The number of aliphatic hydroxyl groups excluding tert-OH is 1. The van der Waals surface area contributed by atoms with Crippen molar-refractivity contribution in [2.45, 2.75) is 27.4 Å². The van der Waals surface area contributed by atoms with Crippen molar-refractivity contribution < 1.29 is 13.9 Å². The first-order valence-electron chi connectivity index (χ1n) is 3.44. The number of rotatable bonds is 1. The van der Waals surface area contributed by atoms with Gasteiger partial charge in [-0.3, -0.25) is 0 Å². The van der Waals surface area contributed by atoms with Gasteiger partial charge in [-0.25, -0.2) is 4.79 Å². The maximum Gasteiger partial charge on any atom is 0.519 e. The highest BCUT2D eigenvalue weighted by Gasteiger charge is 2.04. The second kappa shape index (κ2) is 4.73. The second-order valence-corrected chi connectivity index (χ2v) is 1.59. The van der Waals surface area contributed by atoms with Gasteiger partial charge in [-0.2, -0.15) is 0 Å². The molecule has 64 valence electrons. The summed E-state index contributed by atoms with van der Waals surface area (Å²) < 4.78 is 8.81. The van der Waals surface area contributed by atoms with E-state index >= 15 is 0 Å². The summed E-state index contributed by atoms with van der Waals surface area (Å²) in [6, 6.07) is 0. The van der Waals surface area contributed by atoms with Gasteiger partial charge in [-0.05, 0) is 6.92 Å². The lowest BCUT2D eigenvalue weighted by Gasteiger charge is -1.82. The highest BCUT2D eigenvalue weighted by atomic mass is 16.6. The van der Waals surface area contributed by atoms with Crippen molar-refractivity contribution in [1.82, 2.24) is 0 Å². The first-order valence-corrected chi connectivity index (χ1v) is 3.44. The van der Waals surface area contributed by atoms with E-state index in [0.717, 1.165) is 0 Å². The van der Waals surface area contributed by atoms with E-state index in [4.69, 9.17) is 5.11 Å². The first-order chi connectivity index (χ1) is 5.24. The van der Waals surface area contributed by atoms with Gasteiger partial charge in [0.25, 0.3) is 0 Å². The van der Waals surface area contributed by atoms with E-state index in [9.17, 15) is 4.79 Å². The van der Waals surface area contributed by atoms with Crippen molar-refractivity contribution in [3.05, 3.63) is 22.1 Å². The Balaban J connectivity index is 0.000000461. The molecule has 1 aromatic rings. The van der Waals surface area contributed by atoms with Gasteiger partial charge in [0.2, 0.25) is 0 Å². The Morgan fingerprint density at radius 2 is 1.91 bits per heavy atom. The van der Waals surface area contributed by atoms with Gasteiger partial charge in [-0.15, -0.1) is 0 Å². The summed E-state index contributed by atoms with van der Waals surface area (Å²) in [5, 5.41) is 8.44. The molecule has 0 spiro atoms. The molecule has 0 radical (unpaired) electrons. The molecule has 0 bridgehead atoms. The fraction of sp³-hybridized carbons (Fsp3) is 0.571. The molecule has 0 unspecified atom stereocenters. The summed E-state index contributed by atoms with van der Waals surface area (Å²) in [4.78, 5) is 10.2. The molecule has 0 aliphatic rings. The van der Waals surface area contributed by atoms with Gasteiger partial charge in [-0.1, -0.05) is 13.8 Å². The lowest BCUT2D eigenvalue weighted by Crippen LogP contribution is -1.86. The zero-order valence-corrected chi connectivity index (χ0v) is 6.88. The summed E-state index contributed by atoms with van der Waals surface area (Å²) in [7, 11) is 0. The van der Waals surface area contributed by atoms with Crippen LogP contribution in [0.2, 0.25) is 0 Å². The second-order valence-electron chi connectivity index (χ2n) is 1.59. The minimum absolute atomic E-state index is 0.194. The molecule has 4 heteroatoms.